The Bertz CT molecular complexity index is 1570. The van der Waals surface area contributed by atoms with Gasteiger partial charge in [-0.25, -0.2) is 0 Å². The third-order valence-electron chi connectivity index (χ3n) is 9.49. The zero-order valence-electron chi connectivity index (χ0n) is 29.6. The Labute approximate surface area is 304 Å². The quantitative estimate of drug-likeness (QED) is 0.0961. The number of phenolic OH excluding ortho intramolecular Hbond substituents is 1. The summed E-state index contributed by atoms with van der Waals surface area (Å²) in [6, 6.07) is 21.2. The predicted octanol–water partition coefficient (Wildman–Crippen LogP) is 5.12. The van der Waals surface area contributed by atoms with E-state index in [1.54, 1.807) is 17.0 Å². The van der Waals surface area contributed by atoms with Crippen LogP contribution in [0.4, 0.5) is 5.69 Å². The number of benzene rings is 3. The number of aliphatic hydroxyl groups is 1. The summed E-state index contributed by atoms with van der Waals surface area (Å²) in [6.45, 7) is 3.25. The molecular weight excluding hydrogens is 670 g/mol. The van der Waals surface area contributed by atoms with Crippen molar-refractivity contribution in [2.24, 2.45) is 0 Å². The lowest BCUT2D eigenvalue weighted by Gasteiger charge is -2.39. The second-order valence-electron chi connectivity index (χ2n) is 13.2. The zero-order valence-corrected chi connectivity index (χ0v) is 29.6. The molecule has 0 aliphatic carbocycles. The molecule has 1 saturated heterocycles. The first-order valence-electron chi connectivity index (χ1n) is 18.1. The van der Waals surface area contributed by atoms with Crippen LogP contribution in [0.5, 0.6) is 11.5 Å². The van der Waals surface area contributed by atoms with E-state index >= 15 is 0 Å². The number of carbonyl (C=O) groups excluding carboxylic acids is 2. The van der Waals surface area contributed by atoms with E-state index in [0.29, 0.717) is 71.7 Å². The number of para-hydroxylation sites is 1. The van der Waals surface area contributed by atoms with E-state index in [0.717, 1.165) is 53.0 Å². The van der Waals surface area contributed by atoms with E-state index in [4.69, 9.17) is 24.6 Å². The number of aliphatic hydroxyl groups excluding tert-OH is 1. The second-order valence-corrected chi connectivity index (χ2v) is 13.2. The van der Waals surface area contributed by atoms with Gasteiger partial charge in [-0.05, 0) is 73.1 Å². The van der Waals surface area contributed by atoms with Crippen LogP contribution in [0.1, 0.15) is 73.1 Å². The number of likely N-dealkylation sites (tertiary alicyclic amines) is 1. The van der Waals surface area contributed by atoms with Gasteiger partial charge in [-0.1, -0.05) is 42.5 Å². The molecule has 5 rings (SSSR count). The molecule has 52 heavy (non-hydrogen) atoms. The van der Waals surface area contributed by atoms with Gasteiger partial charge in [0.15, 0.2) is 0 Å². The molecule has 1 fully saturated rings. The van der Waals surface area contributed by atoms with Gasteiger partial charge < -0.3 is 34.2 Å². The first-order chi connectivity index (χ1) is 25.3. The fraction of sp³-hybridized carbons (Fsp3) is 0.487. The highest BCUT2D eigenvalue weighted by atomic mass is 17.1. The highest BCUT2D eigenvalue weighted by Gasteiger charge is 2.33. The van der Waals surface area contributed by atoms with Crippen LogP contribution < -0.4 is 9.64 Å². The number of nitrogens with zero attached hydrogens (tertiary/aromatic N) is 3. The lowest BCUT2D eigenvalue weighted by molar-refractivity contribution is -0.492. The van der Waals surface area contributed by atoms with Gasteiger partial charge in [0.25, 0.3) is 0 Å². The molecule has 0 saturated carbocycles. The summed E-state index contributed by atoms with van der Waals surface area (Å²) in [5.41, 5.74) is 4.73. The average molecular weight is 722 g/mol. The maximum Gasteiger partial charge on any atom is 0.227 e. The number of aryl methyl sites for hydroxylation is 1. The van der Waals surface area contributed by atoms with Crippen LogP contribution in [0.3, 0.4) is 0 Å². The standard InChI is InChI=1S/C39H51N3O10/c43-21-4-10-38(45)40-20-18-34(30-14-16-33(17-15-30)50-23-6-22-49-28-32-7-1-2-9-36(32)44)37(26-40)51-27-29-12-13-31-8-3-19-41(35(31)25-29)39(46)11-5-24-52-42(47)48/h1-2,7,9,12-17,25,34,37,43-44,47-48H,3-6,8,10-11,18-24,26-28H2. The minimum absolute atomic E-state index is 0.00344. The molecule has 2 aliphatic rings. The van der Waals surface area contributed by atoms with Crippen molar-refractivity contribution in [1.82, 2.24) is 10.3 Å². The summed E-state index contributed by atoms with van der Waals surface area (Å²) in [5.74, 6) is 0.978. The molecule has 0 bridgehead atoms. The molecule has 13 nitrogen and oxygen atoms in total. The number of amides is 2. The number of phenols is 1. The number of ether oxygens (including phenoxy) is 3. The molecule has 2 amide bonds. The van der Waals surface area contributed by atoms with Crippen LogP contribution in [0.25, 0.3) is 0 Å². The summed E-state index contributed by atoms with van der Waals surface area (Å²) in [7, 11) is 0. The van der Waals surface area contributed by atoms with Crippen LogP contribution in [0, 0.1) is 0 Å². The molecule has 0 radical (unpaired) electrons. The van der Waals surface area contributed by atoms with Crippen molar-refractivity contribution in [3.05, 3.63) is 89.0 Å². The third-order valence-corrected chi connectivity index (χ3v) is 9.49. The summed E-state index contributed by atoms with van der Waals surface area (Å²) < 4.78 is 18.3. The number of hydrogen-bond donors (Lipinski definition) is 4. The predicted molar refractivity (Wildman–Crippen MR) is 191 cm³/mol. The zero-order chi connectivity index (χ0) is 36.7. The van der Waals surface area contributed by atoms with Gasteiger partial charge in [0.2, 0.25) is 11.8 Å². The van der Waals surface area contributed by atoms with Gasteiger partial charge >= 0.3 is 0 Å². The van der Waals surface area contributed by atoms with Crippen molar-refractivity contribution in [1.29, 1.82) is 0 Å². The van der Waals surface area contributed by atoms with Crippen LogP contribution in [0.15, 0.2) is 66.7 Å². The van der Waals surface area contributed by atoms with E-state index in [2.05, 4.69) is 17.0 Å². The largest absolute Gasteiger partial charge is 0.508 e. The van der Waals surface area contributed by atoms with Gasteiger partial charge in [0.1, 0.15) is 11.5 Å². The Balaban J connectivity index is 1.18. The Morgan fingerprint density at radius 3 is 2.46 bits per heavy atom. The maximum absolute atomic E-state index is 13.1. The monoisotopic (exact) mass is 721 g/mol. The molecule has 3 aromatic rings. The molecule has 2 unspecified atom stereocenters. The number of carbonyl (C=O) groups is 2. The molecule has 2 atom stereocenters. The number of rotatable bonds is 19. The Morgan fingerprint density at radius 2 is 1.67 bits per heavy atom. The van der Waals surface area contributed by atoms with Crippen molar-refractivity contribution in [3.63, 3.8) is 0 Å². The highest BCUT2D eigenvalue weighted by Crippen LogP contribution is 2.34. The van der Waals surface area contributed by atoms with Gasteiger partial charge in [0, 0.05) is 62.7 Å². The lowest BCUT2D eigenvalue weighted by atomic mass is 9.86. The first-order valence-corrected chi connectivity index (χ1v) is 18.1. The lowest BCUT2D eigenvalue weighted by Crippen LogP contribution is -2.46. The summed E-state index contributed by atoms with van der Waals surface area (Å²) in [4.78, 5) is 34.3. The fourth-order valence-corrected chi connectivity index (χ4v) is 6.74. The van der Waals surface area contributed by atoms with Crippen molar-refractivity contribution in [2.45, 2.75) is 76.6 Å². The molecular formula is C39H51N3O10. The summed E-state index contributed by atoms with van der Waals surface area (Å²) in [6.07, 6.45) is 4.14. The minimum Gasteiger partial charge on any atom is -0.508 e. The van der Waals surface area contributed by atoms with E-state index in [9.17, 15) is 19.8 Å². The normalized spacial score (nSPS) is 17.3. The van der Waals surface area contributed by atoms with Crippen LogP contribution >= 0.6 is 0 Å². The second kappa shape index (κ2) is 20.2. The molecule has 13 heteroatoms. The first kappa shape index (κ1) is 39.1. The molecule has 282 valence electrons. The van der Waals surface area contributed by atoms with Crippen molar-refractivity contribution < 1.29 is 49.3 Å². The summed E-state index contributed by atoms with van der Waals surface area (Å²) in [5, 5.41) is 36.3. The average Bonchev–Trinajstić information content (AvgIpc) is 3.16. The summed E-state index contributed by atoms with van der Waals surface area (Å²) >= 11 is 0. The molecule has 2 heterocycles. The number of fused-ring (bicyclic) bond motifs is 1. The number of piperidine rings is 1. The van der Waals surface area contributed by atoms with E-state index in [1.165, 1.54) is 0 Å². The fourth-order valence-electron chi connectivity index (χ4n) is 6.74. The smallest absolute Gasteiger partial charge is 0.227 e. The van der Waals surface area contributed by atoms with Gasteiger partial charge in [-0.15, -0.1) is 0 Å². The number of anilines is 1. The van der Waals surface area contributed by atoms with E-state index in [1.807, 2.05) is 47.4 Å². The molecule has 0 aromatic heterocycles. The maximum atomic E-state index is 13.1. The Morgan fingerprint density at radius 1 is 0.865 bits per heavy atom. The van der Waals surface area contributed by atoms with E-state index < -0.39 is 0 Å². The molecule has 3 aromatic carbocycles. The molecule has 0 spiro atoms. The van der Waals surface area contributed by atoms with Crippen LogP contribution in [0.2, 0.25) is 0 Å². The molecule has 2 aliphatic heterocycles. The number of aromatic hydroxyl groups is 1. The van der Waals surface area contributed by atoms with Crippen molar-refractivity contribution >= 4 is 17.5 Å². The van der Waals surface area contributed by atoms with E-state index in [-0.39, 0.29) is 54.6 Å². The Hall–Kier alpha value is -4.08. The Kier molecular flexibility index (Phi) is 15.2. The van der Waals surface area contributed by atoms with Crippen molar-refractivity contribution in [3.8, 4) is 11.5 Å². The van der Waals surface area contributed by atoms with Gasteiger partial charge in [0.05, 0.1) is 44.5 Å². The van der Waals surface area contributed by atoms with Crippen molar-refractivity contribution in [2.75, 3.05) is 51.0 Å². The van der Waals surface area contributed by atoms with Gasteiger partial charge in [-0.2, -0.15) is 0 Å². The van der Waals surface area contributed by atoms with Gasteiger partial charge in [-0.3, -0.25) is 24.8 Å². The third kappa shape index (κ3) is 11.5. The SMILES string of the molecule is O=C(CCCO)N1CCC(c2ccc(OCCCOCc3ccccc3O)cc2)C(OCc2ccc3c(c2)N(C(=O)CCCON(O)O)CCC3)C1. The topological polar surface area (TPSA) is 162 Å². The number of hydrogen-bond acceptors (Lipinski definition) is 11. The van der Waals surface area contributed by atoms with Crippen LogP contribution in [-0.2, 0) is 43.5 Å². The van der Waals surface area contributed by atoms with Crippen LogP contribution in [-0.4, -0.2) is 94.9 Å². The molecule has 4 N–H and O–H groups in total. The highest BCUT2D eigenvalue weighted by molar-refractivity contribution is 5.94. The minimum atomic E-state index is -0.348.